The Labute approximate surface area is 135 Å². The van der Waals surface area contributed by atoms with E-state index in [1.165, 1.54) is 6.07 Å². The van der Waals surface area contributed by atoms with Crippen molar-refractivity contribution in [3.05, 3.63) is 53.1 Å². The van der Waals surface area contributed by atoms with Gasteiger partial charge in [-0.3, -0.25) is 4.72 Å². The molecular weight excluding hydrogens is 355 g/mol. The van der Waals surface area contributed by atoms with E-state index < -0.39 is 22.1 Å². The van der Waals surface area contributed by atoms with Gasteiger partial charge in [-0.2, -0.15) is 0 Å². The zero-order valence-corrected chi connectivity index (χ0v) is 13.3. The van der Waals surface area contributed by atoms with Crippen molar-refractivity contribution in [1.29, 1.82) is 0 Å². The van der Waals surface area contributed by atoms with Gasteiger partial charge in [0.05, 0.1) is 15.6 Å². The second kappa shape index (κ2) is 6.29. The van der Waals surface area contributed by atoms with Crippen LogP contribution >= 0.6 is 11.6 Å². The first-order chi connectivity index (χ1) is 10.6. The predicted octanol–water partition coefficient (Wildman–Crippen LogP) is 4.35. The highest BCUT2D eigenvalue weighted by Crippen LogP contribution is 2.28. The smallest absolute Gasteiger partial charge is 0.406 e. The fourth-order valence-electron chi connectivity index (χ4n) is 1.75. The van der Waals surface area contributed by atoms with Crippen LogP contribution in [-0.2, 0) is 10.0 Å². The molecule has 9 heteroatoms. The summed E-state index contributed by atoms with van der Waals surface area (Å²) in [4.78, 5) is -0.379. The third kappa shape index (κ3) is 4.77. The van der Waals surface area contributed by atoms with Crippen LogP contribution in [0.4, 0.5) is 18.9 Å². The maximum Gasteiger partial charge on any atom is 0.573 e. The molecule has 4 nitrogen and oxygen atoms in total. The summed E-state index contributed by atoms with van der Waals surface area (Å²) in [5.74, 6) is -0.629. The molecule has 2 aromatic carbocycles. The predicted molar refractivity (Wildman–Crippen MR) is 80.1 cm³/mol. The van der Waals surface area contributed by atoms with Gasteiger partial charge in [-0.15, -0.1) is 13.2 Å². The van der Waals surface area contributed by atoms with E-state index in [4.69, 9.17) is 11.6 Å². The molecule has 0 radical (unpaired) electrons. The van der Waals surface area contributed by atoms with Crippen molar-refractivity contribution in [2.45, 2.75) is 18.2 Å². The summed E-state index contributed by atoms with van der Waals surface area (Å²) in [5, 5.41) is 0.177. The highest BCUT2D eigenvalue weighted by molar-refractivity contribution is 7.92. The van der Waals surface area contributed by atoms with E-state index in [1.54, 1.807) is 19.1 Å². The lowest BCUT2D eigenvalue weighted by Crippen LogP contribution is -2.18. The van der Waals surface area contributed by atoms with Crippen LogP contribution in [-0.4, -0.2) is 14.8 Å². The lowest BCUT2D eigenvalue weighted by Gasteiger charge is -2.12. The van der Waals surface area contributed by atoms with E-state index in [-0.39, 0.29) is 15.6 Å². The number of anilines is 1. The molecule has 0 heterocycles. The minimum absolute atomic E-state index is 0.124. The maximum atomic E-state index is 12.3. The summed E-state index contributed by atoms with van der Waals surface area (Å²) in [5.41, 5.74) is 0.956. The largest absolute Gasteiger partial charge is 0.573 e. The molecule has 0 amide bonds. The Morgan fingerprint density at radius 2 is 1.83 bits per heavy atom. The Hall–Kier alpha value is -1.93. The van der Waals surface area contributed by atoms with Crippen LogP contribution in [0.15, 0.2) is 47.4 Å². The molecular formula is C14H11ClF3NO3S. The van der Waals surface area contributed by atoms with Crippen molar-refractivity contribution >= 4 is 27.3 Å². The molecule has 2 rings (SSSR count). The monoisotopic (exact) mass is 365 g/mol. The lowest BCUT2D eigenvalue weighted by molar-refractivity contribution is -0.274. The third-order valence-corrected chi connectivity index (χ3v) is 4.39. The Morgan fingerprint density at radius 3 is 2.43 bits per heavy atom. The number of nitrogens with one attached hydrogen (secondary N) is 1. The van der Waals surface area contributed by atoms with Crippen LogP contribution in [0.3, 0.4) is 0 Å². The van der Waals surface area contributed by atoms with Gasteiger partial charge in [-0.1, -0.05) is 23.7 Å². The van der Waals surface area contributed by atoms with Crippen molar-refractivity contribution in [3.8, 4) is 5.75 Å². The van der Waals surface area contributed by atoms with E-state index in [0.29, 0.717) is 0 Å². The molecule has 1 N–H and O–H groups in total. The first kappa shape index (κ1) is 17.4. The summed E-state index contributed by atoms with van der Waals surface area (Å²) in [6, 6.07) is 8.74. The van der Waals surface area contributed by atoms with E-state index >= 15 is 0 Å². The van der Waals surface area contributed by atoms with Crippen LogP contribution in [0.5, 0.6) is 5.75 Å². The molecule has 0 aliphatic carbocycles. The Kier molecular flexibility index (Phi) is 4.76. The summed E-state index contributed by atoms with van der Waals surface area (Å²) >= 11 is 5.94. The normalized spacial score (nSPS) is 12.0. The number of sulfonamides is 1. The van der Waals surface area contributed by atoms with Gasteiger partial charge in [0.2, 0.25) is 0 Å². The summed E-state index contributed by atoms with van der Waals surface area (Å²) in [6.07, 6.45) is -4.91. The molecule has 0 saturated carbocycles. The van der Waals surface area contributed by atoms with Gasteiger partial charge >= 0.3 is 6.36 Å². The number of aryl methyl sites for hydroxylation is 1. The number of halogens is 4. The molecule has 2 aromatic rings. The molecule has 124 valence electrons. The summed E-state index contributed by atoms with van der Waals surface area (Å²) in [7, 11) is -4.11. The van der Waals surface area contributed by atoms with Gasteiger partial charge in [0.15, 0.2) is 0 Å². The van der Waals surface area contributed by atoms with Gasteiger partial charge < -0.3 is 4.74 Å². The van der Waals surface area contributed by atoms with Gasteiger partial charge in [-0.05, 0) is 36.8 Å². The van der Waals surface area contributed by atoms with Crippen LogP contribution < -0.4 is 9.46 Å². The number of rotatable bonds is 4. The molecule has 0 fully saturated rings. The Bertz CT molecular complexity index is 822. The number of ether oxygens (including phenoxy) is 1. The Morgan fingerprint density at radius 1 is 1.13 bits per heavy atom. The van der Waals surface area contributed by atoms with Crippen LogP contribution in [0.2, 0.25) is 5.02 Å². The zero-order valence-electron chi connectivity index (χ0n) is 11.7. The first-order valence-electron chi connectivity index (χ1n) is 6.22. The molecule has 0 unspecified atom stereocenters. The average Bonchev–Trinajstić information content (AvgIpc) is 2.40. The molecule has 0 saturated heterocycles. The topological polar surface area (TPSA) is 55.4 Å². The maximum absolute atomic E-state index is 12.3. The third-order valence-electron chi connectivity index (χ3n) is 2.72. The summed E-state index contributed by atoms with van der Waals surface area (Å²) < 4.78 is 67.0. The molecule has 0 atom stereocenters. The van der Waals surface area contributed by atoms with Gasteiger partial charge in [-0.25, -0.2) is 8.42 Å². The number of hydrogen-bond acceptors (Lipinski definition) is 3. The quantitative estimate of drug-likeness (QED) is 0.876. The highest BCUT2D eigenvalue weighted by atomic mass is 35.5. The second-order valence-corrected chi connectivity index (χ2v) is 6.70. The van der Waals surface area contributed by atoms with Crippen molar-refractivity contribution < 1.29 is 26.3 Å². The van der Waals surface area contributed by atoms with Gasteiger partial charge in [0.1, 0.15) is 5.75 Å². The number of alkyl halides is 3. The van der Waals surface area contributed by atoms with Gasteiger partial charge in [0, 0.05) is 6.07 Å². The molecule has 0 aliphatic heterocycles. The van der Waals surface area contributed by atoms with Crippen molar-refractivity contribution in [2.24, 2.45) is 0 Å². The van der Waals surface area contributed by atoms with Crippen LogP contribution in [0.25, 0.3) is 0 Å². The van der Waals surface area contributed by atoms with Crippen LogP contribution in [0.1, 0.15) is 5.56 Å². The number of benzene rings is 2. The van der Waals surface area contributed by atoms with E-state index in [9.17, 15) is 21.6 Å². The fraction of sp³-hybridized carbons (Fsp3) is 0.143. The van der Waals surface area contributed by atoms with E-state index in [1.807, 2.05) is 0 Å². The summed E-state index contributed by atoms with van der Waals surface area (Å²) in [6.45, 7) is 1.78. The molecule has 23 heavy (non-hydrogen) atoms. The molecule has 0 aromatic heterocycles. The second-order valence-electron chi connectivity index (χ2n) is 4.61. The van der Waals surface area contributed by atoms with Crippen molar-refractivity contribution in [1.82, 2.24) is 0 Å². The zero-order chi connectivity index (χ0) is 17.3. The van der Waals surface area contributed by atoms with Crippen molar-refractivity contribution in [3.63, 3.8) is 0 Å². The minimum Gasteiger partial charge on any atom is -0.406 e. The van der Waals surface area contributed by atoms with Crippen molar-refractivity contribution in [2.75, 3.05) is 4.72 Å². The molecule has 0 spiro atoms. The van der Waals surface area contributed by atoms with E-state index in [2.05, 4.69) is 9.46 Å². The number of hydrogen-bond donors (Lipinski definition) is 1. The highest BCUT2D eigenvalue weighted by Gasteiger charge is 2.31. The molecule has 0 aliphatic rings. The molecule has 0 bridgehead atoms. The van der Waals surface area contributed by atoms with E-state index in [0.717, 1.165) is 29.8 Å². The Balaban J connectivity index is 2.31. The van der Waals surface area contributed by atoms with Gasteiger partial charge in [0.25, 0.3) is 10.0 Å². The average molecular weight is 366 g/mol. The fourth-order valence-corrected chi connectivity index (χ4v) is 3.20. The van der Waals surface area contributed by atoms with Crippen LogP contribution in [0, 0.1) is 6.92 Å². The lowest BCUT2D eigenvalue weighted by atomic mass is 10.2. The SMILES string of the molecule is Cc1ccc(NS(=O)(=O)c2cccc(OC(F)(F)F)c2)c(Cl)c1. The standard InChI is InChI=1S/C14H11ClF3NO3S/c1-9-5-6-13(12(15)7-9)19-23(20,21)11-4-2-3-10(8-11)22-14(16,17)18/h2-8,19H,1H3. The minimum atomic E-state index is -4.91. The first-order valence-corrected chi connectivity index (χ1v) is 8.08.